The van der Waals surface area contributed by atoms with E-state index in [0.717, 1.165) is 13.1 Å². The lowest BCUT2D eigenvalue weighted by Gasteiger charge is -2.37. The second-order valence-corrected chi connectivity index (χ2v) is 8.69. The van der Waals surface area contributed by atoms with Gasteiger partial charge in [-0.2, -0.15) is 0 Å². The summed E-state index contributed by atoms with van der Waals surface area (Å²) < 4.78 is 5.51. The van der Waals surface area contributed by atoms with E-state index in [-0.39, 0.29) is 17.2 Å². The molecule has 0 fully saturated rings. The van der Waals surface area contributed by atoms with Gasteiger partial charge in [0.15, 0.2) is 0 Å². The fourth-order valence-electron chi connectivity index (χ4n) is 1.76. The van der Waals surface area contributed by atoms with E-state index in [4.69, 9.17) is 4.74 Å². The second kappa shape index (κ2) is 7.64. The first kappa shape index (κ1) is 21.2. The van der Waals surface area contributed by atoms with Gasteiger partial charge in [0.1, 0.15) is 5.60 Å². The molecule has 0 spiro atoms. The van der Waals surface area contributed by atoms with Crippen LogP contribution in [0.4, 0.5) is 4.79 Å². The van der Waals surface area contributed by atoms with Crippen LogP contribution in [0.25, 0.3) is 0 Å². The molecule has 132 valence electrons. The van der Waals surface area contributed by atoms with Gasteiger partial charge in [-0.25, -0.2) is 4.79 Å². The molecule has 0 aromatic rings. The van der Waals surface area contributed by atoms with Gasteiger partial charge in [0.25, 0.3) is 0 Å². The number of rotatable bonds is 6. The molecular weight excluding hydrogens is 278 g/mol. The third kappa shape index (κ3) is 7.99. The van der Waals surface area contributed by atoms with Gasteiger partial charge in [0, 0.05) is 30.7 Å². The molecular formula is C17H37N3O2. The Bertz CT molecular complexity index is 352. The summed E-state index contributed by atoms with van der Waals surface area (Å²) in [4.78, 5) is 16.3. The summed E-state index contributed by atoms with van der Waals surface area (Å²) in [5.74, 6) is 0. The van der Waals surface area contributed by atoms with Crippen molar-refractivity contribution in [1.29, 1.82) is 0 Å². The van der Waals surface area contributed by atoms with Gasteiger partial charge in [-0.3, -0.25) is 0 Å². The number of hydrogen-bond donors (Lipinski definition) is 1. The summed E-state index contributed by atoms with van der Waals surface area (Å²) >= 11 is 0. The predicted molar refractivity (Wildman–Crippen MR) is 93.3 cm³/mol. The highest BCUT2D eigenvalue weighted by Crippen LogP contribution is 2.18. The van der Waals surface area contributed by atoms with Crippen LogP contribution in [0, 0.1) is 0 Å². The molecule has 0 unspecified atom stereocenters. The Morgan fingerprint density at radius 2 is 1.50 bits per heavy atom. The minimum Gasteiger partial charge on any atom is -0.444 e. The maximum absolute atomic E-state index is 12.4. The predicted octanol–water partition coefficient (Wildman–Crippen LogP) is 2.95. The van der Waals surface area contributed by atoms with E-state index in [1.165, 1.54) is 0 Å². The summed E-state index contributed by atoms with van der Waals surface area (Å²) in [5, 5.41) is 3.44. The summed E-state index contributed by atoms with van der Waals surface area (Å²) in [6, 6.07) is 0. The van der Waals surface area contributed by atoms with Crippen molar-refractivity contribution in [2.75, 3.05) is 33.7 Å². The molecule has 0 radical (unpaired) electrons. The maximum Gasteiger partial charge on any atom is 0.410 e. The number of carbonyl (C=O) groups is 1. The van der Waals surface area contributed by atoms with Crippen LogP contribution in [0.5, 0.6) is 0 Å². The van der Waals surface area contributed by atoms with Crippen molar-refractivity contribution in [2.24, 2.45) is 0 Å². The molecule has 0 aromatic heterocycles. The third-order valence-corrected chi connectivity index (χ3v) is 3.70. The van der Waals surface area contributed by atoms with Crippen molar-refractivity contribution in [3.05, 3.63) is 0 Å². The lowest BCUT2D eigenvalue weighted by Crippen LogP contribution is -2.52. The molecule has 0 heterocycles. The highest BCUT2D eigenvalue weighted by molar-refractivity contribution is 5.69. The first-order valence-electron chi connectivity index (χ1n) is 8.05. The van der Waals surface area contributed by atoms with Crippen LogP contribution in [0.2, 0.25) is 0 Å². The van der Waals surface area contributed by atoms with Crippen molar-refractivity contribution in [2.45, 2.75) is 72.1 Å². The lowest BCUT2D eigenvalue weighted by molar-refractivity contribution is 0.00648. The van der Waals surface area contributed by atoms with Gasteiger partial charge in [-0.1, -0.05) is 0 Å². The molecule has 0 atom stereocenters. The zero-order valence-electron chi connectivity index (χ0n) is 16.3. The molecule has 1 amide bonds. The number of ether oxygens (including phenoxy) is 1. The molecule has 0 rings (SSSR count). The Balaban J connectivity index is 4.56. The number of likely N-dealkylation sites (N-methyl/N-ethyl adjacent to an activating group) is 1. The number of amides is 1. The second-order valence-electron chi connectivity index (χ2n) is 8.69. The van der Waals surface area contributed by atoms with E-state index in [0.29, 0.717) is 6.54 Å². The SMILES string of the molecule is CN(C)C(C)(C)CNCCN(C(=O)OC(C)(C)C)C(C)(C)C. The van der Waals surface area contributed by atoms with Gasteiger partial charge in [-0.15, -0.1) is 0 Å². The molecule has 0 aliphatic rings. The monoisotopic (exact) mass is 315 g/mol. The van der Waals surface area contributed by atoms with Crippen molar-refractivity contribution in [3.63, 3.8) is 0 Å². The van der Waals surface area contributed by atoms with E-state index in [1.54, 1.807) is 4.90 Å². The number of nitrogens with zero attached hydrogens (tertiary/aromatic N) is 2. The molecule has 0 saturated carbocycles. The minimum atomic E-state index is -0.471. The zero-order chi connectivity index (χ0) is 17.8. The van der Waals surface area contributed by atoms with Gasteiger partial charge in [0.05, 0.1) is 0 Å². The Labute approximate surface area is 137 Å². The molecule has 5 heteroatoms. The summed E-state index contributed by atoms with van der Waals surface area (Å²) in [6.07, 6.45) is -0.256. The normalized spacial score (nSPS) is 13.4. The summed E-state index contributed by atoms with van der Waals surface area (Å²) in [5.41, 5.74) is -0.652. The zero-order valence-corrected chi connectivity index (χ0v) is 16.3. The van der Waals surface area contributed by atoms with Crippen LogP contribution in [-0.4, -0.2) is 66.3 Å². The number of carbonyl (C=O) groups excluding carboxylic acids is 1. The molecule has 0 aliphatic heterocycles. The van der Waals surface area contributed by atoms with Crippen molar-refractivity contribution in [1.82, 2.24) is 15.1 Å². The quantitative estimate of drug-likeness (QED) is 0.766. The molecule has 5 nitrogen and oxygen atoms in total. The fourth-order valence-corrected chi connectivity index (χ4v) is 1.76. The van der Waals surface area contributed by atoms with Gasteiger partial charge in [-0.05, 0) is 69.5 Å². The van der Waals surface area contributed by atoms with Crippen LogP contribution in [-0.2, 0) is 4.74 Å². The average Bonchev–Trinajstić information content (AvgIpc) is 2.23. The van der Waals surface area contributed by atoms with Crippen LogP contribution in [0.3, 0.4) is 0 Å². The third-order valence-electron chi connectivity index (χ3n) is 3.70. The standard InChI is InChI=1S/C17H37N3O2/c1-15(2,3)20(14(21)22-16(4,5)6)12-11-18-13-17(7,8)19(9)10/h18H,11-13H2,1-10H3. The summed E-state index contributed by atoms with van der Waals surface area (Å²) in [6.45, 7) is 18.4. The van der Waals surface area contributed by atoms with E-state index < -0.39 is 5.60 Å². The molecule has 22 heavy (non-hydrogen) atoms. The van der Waals surface area contributed by atoms with Crippen LogP contribution < -0.4 is 5.32 Å². The van der Waals surface area contributed by atoms with Gasteiger partial charge < -0.3 is 19.9 Å². The van der Waals surface area contributed by atoms with E-state index >= 15 is 0 Å². The average molecular weight is 316 g/mol. The Hall–Kier alpha value is -0.810. The smallest absolute Gasteiger partial charge is 0.410 e. The number of hydrogen-bond acceptors (Lipinski definition) is 4. The van der Waals surface area contributed by atoms with Crippen LogP contribution >= 0.6 is 0 Å². The van der Waals surface area contributed by atoms with Crippen LogP contribution in [0.1, 0.15) is 55.4 Å². The van der Waals surface area contributed by atoms with Crippen molar-refractivity contribution >= 4 is 6.09 Å². The topological polar surface area (TPSA) is 44.8 Å². The molecule has 0 aliphatic carbocycles. The molecule has 0 aromatic carbocycles. The van der Waals surface area contributed by atoms with Gasteiger partial charge in [0.2, 0.25) is 0 Å². The van der Waals surface area contributed by atoms with E-state index in [1.807, 2.05) is 41.5 Å². The van der Waals surface area contributed by atoms with Crippen molar-refractivity contribution in [3.8, 4) is 0 Å². The summed E-state index contributed by atoms with van der Waals surface area (Å²) in [7, 11) is 4.15. The minimum absolute atomic E-state index is 0.0818. The van der Waals surface area contributed by atoms with E-state index in [2.05, 4.69) is 38.2 Å². The lowest BCUT2D eigenvalue weighted by atomic mass is 10.0. The maximum atomic E-state index is 12.4. The van der Waals surface area contributed by atoms with E-state index in [9.17, 15) is 4.79 Å². The Morgan fingerprint density at radius 1 is 1.00 bits per heavy atom. The highest BCUT2D eigenvalue weighted by Gasteiger charge is 2.30. The Morgan fingerprint density at radius 3 is 1.86 bits per heavy atom. The Kier molecular flexibility index (Phi) is 7.36. The molecule has 0 bridgehead atoms. The molecule has 0 saturated heterocycles. The van der Waals surface area contributed by atoms with Gasteiger partial charge >= 0.3 is 6.09 Å². The highest BCUT2D eigenvalue weighted by atomic mass is 16.6. The largest absolute Gasteiger partial charge is 0.444 e. The first-order chi connectivity index (χ1) is 9.67. The molecule has 1 N–H and O–H groups in total. The van der Waals surface area contributed by atoms with Crippen LogP contribution in [0.15, 0.2) is 0 Å². The van der Waals surface area contributed by atoms with Crippen molar-refractivity contribution < 1.29 is 9.53 Å². The fraction of sp³-hybridized carbons (Fsp3) is 0.941. The number of nitrogens with one attached hydrogen (secondary N) is 1. The first-order valence-corrected chi connectivity index (χ1v) is 8.05.